The van der Waals surface area contributed by atoms with Crippen LogP contribution in [0.25, 0.3) is 0 Å². The lowest BCUT2D eigenvalue weighted by Crippen LogP contribution is -2.34. The molecule has 2 N–H and O–H groups in total. The Morgan fingerprint density at radius 1 is 1.21 bits per heavy atom. The molecule has 19 heavy (non-hydrogen) atoms. The Hall–Kier alpha value is -1.36. The fourth-order valence-electron chi connectivity index (χ4n) is 2.35. The lowest BCUT2D eigenvalue weighted by Gasteiger charge is -2.29. The van der Waals surface area contributed by atoms with Crippen LogP contribution in [0.5, 0.6) is 0 Å². The number of nitrogens with one attached hydrogen (secondary N) is 2. The number of hydrogen-bond donors (Lipinski definition) is 2. The molecule has 0 saturated carbocycles. The highest BCUT2D eigenvalue weighted by atomic mass is 15.1. The summed E-state index contributed by atoms with van der Waals surface area (Å²) in [6, 6.07) is 0. The van der Waals surface area contributed by atoms with E-state index in [9.17, 15) is 0 Å². The van der Waals surface area contributed by atoms with Crippen molar-refractivity contribution in [2.24, 2.45) is 5.41 Å². The van der Waals surface area contributed by atoms with Crippen LogP contribution in [0.3, 0.4) is 0 Å². The summed E-state index contributed by atoms with van der Waals surface area (Å²) in [6.45, 7) is 8.55. The van der Waals surface area contributed by atoms with Gasteiger partial charge in [-0.15, -0.1) is 0 Å². The highest BCUT2D eigenvalue weighted by Gasteiger charge is 2.19. The lowest BCUT2D eigenvalue weighted by molar-refractivity contribution is 0.254. The van der Waals surface area contributed by atoms with Gasteiger partial charge in [0.1, 0.15) is 18.0 Å². The molecule has 0 aromatic carbocycles. The quantitative estimate of drug-likeness (QED) is 0.790. The third-order valence-electron chi connectivity index (χ3n) is 3.01. The molecule has 0 unspecified atom stereocenters. The van der Waals surface area contributed by atoms with Gasteiger partial charge in [0, 0.05) is 25.7 Å². The second-order valence-corrected chi connectivity index (χ2v) is 5.91. The summed E-state index contributed by atoms with van der Waals surface area (Å²) in [5, 5.41) is 6.58. The summed E-state index contributed by atoms with van der Waals surface area (Å²) in [7, 11) is 6.09. The van der Waals surface area contributed by atoms with Crippen LogP contribution in [0, 0.1) is 5.41 Å². The average molecular weight is 265 g/mol. The summed E-state index contributed by atoms with van der Waals surface area (Å²) < 4.78 is 0. The van der Waals surface area contributed by atoms with E-state index >= 15 is 0 Å². The van der Waals surface area contributed by atoms with Crippen molar-refractivity contribution in [1.29, 1.82) is 0 Å². The summed E-state index contributed by atoms with van der Waals surface area (Å²) in [5.74, 6) is 1.85. The van der Waals surface area contributed by atoms with E-state index in [2.05, 4.69) is 60.4 Å². The molecule has 5 heteroatoms. The van der Waals surface area contributed by atoms with Crippen LogP contribution in [0.2, 0.25) is 0 Å². The van der Waals surface area contributed by atoms with Crippen LogP contribution in [0.15, 0.2) is 6.33 Å². The van der Waals surface area contributed by atoms with Gasteiger partial charge in [0.2, 0.25) is 0 Å². The minimum atomic E-state index is 0.194. The molecular weight excluding hydrogens is 238 g/mol. The van der Waals surface area contributed by atoms with Crippen LogP contribution < -0.4 is 10.6 Å². The molecule has 0 aliphatic carbocycles. The highest BCUT2D eigenvalue weighted by molar-refractivity contribution is 5.57. The van der Waals surface area contributed by atoms with Crippen molar-refractivity contribution in [2.75, 3.05) is 44.9 Å². The fraction of sp³-hybridized carbons (Fsp3) is 0.714. The molecule has 0 fully saturated rings. The second kappa shape index (κ2) is 6.70. The largest absolute Gasteiger partial charge is 0.373 e. The predicted molar refractivity (Wildman–Crippen MR) is 81.8 cm³/mol. The van der Waals surface area contributed by atoms with E-state index in [1.54, 1.807) is 6.33 Å². The monoisotopic (exact) mass is 265 g/mol. The molecule has 1 aromatic heterocycles. The predicted octanol–water partition coefficient (Wildman–Crippen LogP) is 2.08. The van der Waals surface area contributed by atoms with E-state index in [-0.39, 0.29) is 5.41 Å². The molecule has 0 amide bonds. The zero-order valence-corrected chi connectivity index (χ0v) is 13.0. The third kappa shape index (κ3) is 4.67. The van der Waals surface area contributed by atoms with E-state index < -0.39 is 0 Å². The minimum Gasteiger partial charge on any atom is -0.373 e. The first-order valence-corrected chi connectivity index (χ1v) is 6.80. The Bertz CT molecular complexity index is 401. The molecule has 1 heterocycles. The number of hydrogen-bond acceptors (Lipinski definition) is 5. The Morgan fingerprint density at radius 3 is 2.37 bits per heavy atom. The maximum absolute atomic E-state index is 4.36. The van der Waals surface area contributed by atoms with E-state index in [0.717, 1.165) is 36.7 Å². The summed E-state index contributed by atoms with van der Waals surface area (Å²) in [4.78, 5) is 10.8. The van der Waals surface area contributed by atoms with Crippen molar-refractivity contribution in [3.8, 4) is 0 Å². The lowest BCUT2D eigenvalue weighted by atomic mass is 9.93. The Kier molecular flexibility index (Phi) is 5.54. The standard InChI is InChI=1S/C14H27N5/c1-7-11-12(15-4)17-10-18-13(11)16-8-14(2,3)9-19(5)6/h10H,7-9H2,1-6H3,(H2,15,16,17,18). The molecule has 0 atom stereocenters. The van der Waals surface area contributed by atoms with Crippen molar-refractivity contribution in [3.63, 3.8) is 0 Å². The smallest absolute Gasteiger partial charge is 0.134 e. The molecule has 108 valence electrons. The zero-order valence-electron chi connectivity index (χ0n) is 13.0. The first-order valence-electron chi connectivity index (χ1n) is 6.80. The van der Waals surface area contributed by atoms with Gasteiger partial charge in [-0.1, -0.05) is 20.8 Å². The minimum absolute atomic E-state index is 0.194. The topological polar surface area (TPSA) is 53.1 Å². The molecule has 0 bridgehead atoms. The normalized spacial score (nSPS) is 11.7. The van der Waals surface area contributed by atoms with Crippen molar-refractivity contribution in [2.45, 2.75) is 27.2 Å². The van der Waals surface area contributed by atoms with E-state index in [1.807, 2.05) is 7.05 Å². The van der Waals surface area contributed by atoms with Gasteiger partial charge < -0.3 is 15.5 Å². The molecule has 0 radical (unpaired) electrons. The van der Waals surface area contributed by atoms with Crippen LogP contribution >= 0.6 is 0 Å². The van der Waals surface area contributed by atoms with Gasteiger partial charge >= 0.3 is 0 Å². The van der Waals surface area contributed by atoms with Crippen LogP contribution in [0.1, 0.15) is 26.3 Å². The first-order chi connectivity index (χ1) is 8.89. The molecular formula is C14H27N5. The van der Waals surface area contributed by atoms with E-state index in [0.29, 0.717) is 0 Å². The Morgan fingerprint density at radius 2 is 1.84 bits per heavy atom. The van der Waals surface area contributed by atoms with Crippen molar-refractivity contribution in [3.05, 3.63) is 11.9 Å². The van der Waals surface area contributed by atoms with Gasteiger partial charge in [-0.05, 0) is 25.9 Å². The Labute approximate surface area is 116 Å². The molecule has 1 aromatic rings. The van der Waals surface area contributed by atoms with E-state index in [4.69, 9.17) is 0 Å². The average Bonchev–Trinajstić information content (AvgIpc) is 2.34. The molecule has 1 rings (SSSR count). The van der Waals surface area contributed by atoms with Crippen LogP contribution in [-0.4, -0.2) is 49.1 Å². The third-order valence-corrected chi connectivity index (χ3v) is 3.01. The van der Waals surface area contributed by atoms with Gasteiger partial charge in [0.15, 0.2) is 0 Å². The van der Waals surface area contributed by atoms with Gasteiger partial charge in [0.25, 0.3) is 0 Å². The number of rotatable bonds is 7. The molecule has 0 saturated heterocycles. The van der Waals surface area contributed by atoms with Crippen molar-refractivity contribution < 1.29 is 0 Å². The van der Waals surface area contributed by atoms with Gasteiger partial charge in [0.05, 0.1) is 0 Å². The zero-order chi connectivity index (χ0) is 14.5. The summed E-state index contributed by atoms with van der Waals surface area (Å²) in [5.41, 5.74) is 1.34. The van der Waals surface area contributed by atoms with Crippen molar-refractivity contribution >= 4 is 11.6 Å². The Balaban J connectivity index is 2.77. The summed E-state index contributed by atoms with van der Waals surface area (Å²) in [6.07, 6.45) is 2.51. The summed E-state index contributed by atoms with van der Waals surface area (Å²) >= 11 is 0. The van der Waals surface area contributed by atoms with Gasteiger partial charge in [-0.25, -0.2) is 9.97 Å². The van der Waals surface area contributed by atoms with Crippen LogP contribution in [0.4, 0.5) is 11.6 Å². The molecule has 0 aliphatic rings. The molecule has 0 spiro atoms. The fourth-order valence-corrected chi connectivity index (χ4v) is 2.35. The highest BCUT2D eigenvalue weighted by Crippen LogP contribution is 2.22. The first kappa shape index (κ1) is 15.7. The van der Waals surface area contributed by atoms with E-state index in [1.165, 1.54) is 0 Å². The second-order valence-electron chi connectivity index (χ2n) is 5.91. The SMILES string of the molecule is CCc1c(NC)ncnc1NCC(C)(C)CN(C)C. The number of nitrogens with zero attached hydrogens (tertiary/aromatic N) is 3. The van der Waals surface area contributed by atoms with Gasteiger partial charge in [-0.3, -0.25) is 0 Å². The molecule has 0 aliphatic heterocycles. The maximum atomic E-state index is 4.36. The van der Waals surface area contributed by atoms with Crippen LogP contribution in [-0.2, 0) is 6.42 Å². The van der Waals surface area contributed by atoms with Crippen molar-refractivity contribution in [1.82, 2.24) is 14.9 Å². The number of anilines is 2. The van der Waals surface area contributed by atoms with Gasteiger partial charge in [-0.2, -0.15) is 0 Å². The number of aromatic nitrogens is 2. The molecule has 5 nitrogen and oxygen atoms in total. The maximum Gasteiger partial charge on any atom is 0.134 e.